The number of Topliss-reactive ketones (excluding diaryl/α,β-unsaturated/α-hetero) is 1. The van der Waals surface area contributed by atoms with Crippen LogP contribution in [-0.2, 0) is 16.0 Å². The van der Waals surface area contributed by atoms with Crippen LogP contribution in [0.15, 0.2) is 24.3 Å². The Hall–Kier alpha value is -1.68. The van der Waals surface area contributed by atoms with Gasteiger partial charge in [0.05, 0.1) is 0 Å². The van der Waals surface area contributed by atoms with E-state index in [0.29, 0.717) is 5.56 Å². The van der Waals surface area contributed by atoms with Crippen molar-refractivity contribution in [2.75, 3.05) is 13.1 Å². The van der Waals surface area contributed by atoms with E-state index >= 15 is 0 Å². The minimum atomic E-state index is -0.756. The summed E-state index contributed by atoms with van der Waals surface area (Å²) >= 11 is 0. The normalized spacial score (nSPS) is 17.7. The molecule has 0 saturated carbocycles. The first kappa shape index (κ1) is 18.7. The maximum atomic E-state index is 12.6. The fraction of sp³-hybridized carbons (Fsp3) is 0.600. The summed E-state index contributed by atoms with van der Waals surface area (Å²) in [5.41, 5.74) is 1.78. The predicted octanol–water partition coefficient (Wildman–Crippen LogP) is 3.48. The molecular weight excluding hydrogens is 302 g/mol. The second-order valence-electron chi connectivity index (χ2n) is 6.93. The van der Waals surface area contributed by atoms with E-state index < -0.39 is 6.10 Å². The van der Waals surface area contributed by atoms with Crippen LogP contribution < -0.4 is 0 Å². The van der Waals surface area contributed by atoms with Crippen LogP contribution in [0.4, 0.5) is 0 Å². The molecule has 4 heteroatoms. The fourth-order valence-corrected chi connectivity index (χ4v) is 3.30. The van der Waals surface area contributed by atoms with Crippen LogP contribution in [0.2, 0.25) is 0 Å². The van der Waals surface area contributed by atoms with Gasteiger partial charge in [-0.2, -0.15) is 0 Å². The van der Waals surface area contributed by atoms with Gasteiger partial charge in [0.25, 0.3) is 0 Å². The molecule has 0 aliphatic carbocycles. The molecule has 0 N–H and O–H groups in total. The van der Waals surface area contributed by atoms with Crippen LogP contribution in [0.5, 0.6) is 0 Å². The Morgan fingerprint density at radius 3 is 2.17 bits per heavy atom. The minimum Gasteiger partial charge on any atom is -0.453 e. The molecule has 0 radical (unpaired) electrons. The molecule has 0 bridgehead atoms. The molecule has 1 aliphatic heterocycles. The SMILES string of the molecule is CCc1ccc(C(=O)[C@H](C)OC(=O)[C@@H](C(C)C)N2CCCC2)cc1. The molecule has 24 heavy (non-hydrogen) atoms. The smallest absolute Gasteiger partial charge is 0.324 e. The summed E-state index contributed by atoms with van der Waals surface area (Å²) in [5.74, 6) is -0.255. The Morgan fingerprint density at radius 1 is 1.08 bits per heavy atom. The number of aryl methyl sites for hydroxylation is 1. The molecule has 1 aromatic rings. The Labute approximate surface area is 145 Å². The lowest BCUT2D eigenvalue weighted by molar-refractivity contribution is -0.154. The molecule has 1 fully saturated rings. The van der Waals surface area contributed by atoms with Crippen LogP contribution in [-0.4, -0.2) is 41.9 Å². The van der Waals surface area contributed by atoms with Crippen molar-refractivity contribution in [3.8, 4) is 0 Å². The first-order valence-corrected chi connectivity index (χ1v) is 9.01. The molecule has 0 amide bonds. The quantitative estimate of drug-likeness (QED) is 0.567. The van der Waals surface area contributed by atoms with Gasteiger partial charge in [-0.25, -0.2) is 0 Å². The molecule has 1 saturated heterocycles. The third-order valence-electron chi connectivity index (χ3n) is 4.72. The van der Waals surface area contributed by atoms with Crippen molar-refractivity contribution in [3.63, 3.8) is 0 Å². The molecule has 2 rings (SSSR count). The van der Waals surface area contributed by atoms with Crippen molar-refractivity contribution in [3.05, 3.63) is 35.4 Å². The van der Waals surface area contributed by atoms with Crippen LogP contribution >= 0.6 is 0 Å². The average molecular weight is 331 g/mol. The number of ether oxygens (including phenoxy) is 1. The zero-order valence-corrected chi connectivity index (χ0v) is 15.2. The van der Waals surface area contributed by atoms with Gasteiger partial charge in [-0.3, -0.25) is 14.5 Å². The highest BCUT2D eigenvalue weighted by molar-refractivity contribution is 6.00. The van der Waals surface area contributed by atoms with Crippen molar-refractivity contribution in [2.45, 2.75) is 59.1 Å². The highest BCUT2D eigenvalue weighted by Crippen LogP contribution is 2.20. The number of hydrogen-bond donors (Lipinski definition) is 0. The molecule has 0 unspecified atom stereocenters. The lowest BCUT2D eigenvalue weighted by atomic mass is 10.0. The Morgan fingerprint density at radius 2 is 1.67 bits per heavy atom. The van der Waals surface area contributed by atoms with Gasteiger partial charge in [-0.15, -0.1) is 0 Å². The average Bonchev–Trinajstić information content (AvgIpc) is 3.07. The van der Waals surface area contributed by atoms with E-state index in [2.05, 4.69) is 11.8 Å². The third kappa shape index (κ3) is 4.44. The lowest BCUT2D eigenvalue weighted by Gasteiger charge is -2.29. The van der Waals surface area contributed by atoms with Gasteiger partial charge in [0, 0.05) is 5.56 Å². The number of carbonyl (C=O) groups excluding carboxylic acids is 2. The molecule has 1 aliphatic rings. The van der Waals surface area contributed by atoms with Gasteiger partial charge in [0.2, 0.25) is 5.78 Å². The summed E-state index contributed by atoms with van der Waals surface area (Å²) in [6.45, 7) is 9.65. The third-order valence-corrected chi connectivity index (χ3v) is 4.72. The largest absolute Gasteiger partial charge is 0.453 e. The van der Waals surface area contributed by atoms with E-state index in [9.17, 15) is 9.59 Å². The van der Waals surface area contributed by atoms with Crippen LogP contribution in [0.25, 0.3) is 0 Å². The van der Waals surface area contributed by atoms with Gasteiger partial charge >= 0.3 is 5.97 Å². The topological polar surface area (TPSA) is 46.6 Å². The molecular formula is C20H29NO3. The van der Waals surface area contributed by atoms with E-state index in [-0.39, 0.29) is 23.7 Å². The summed E-state index contributed by atoms with van der Waals surface area (Å²) in [6, 6.07) is 7.26. The molecule has 0 aromatic heterocycles. The van der Waals surface area contributed by atoms with Crippen molar-refractivity contribution in [1.29, 1.82) is 0 Å². The number of rotatable bonds is 7. The van der Waals surface area contributed by atoms with E-state index in [1.54, 1.807) is 6.92 Å². The van der Waals surface area contributed by atoms with E-state index in [1.807, 2.05) is 38.1 Å². The second kappa shape index (κ2) is 8.43. The number of nitrogens with zero attached hydrogens (tertiary/aromatic N) is 1. The summed E-state index contributed by atoms with van der Waals surface area (Å²) in [4.78, 5) is 27.3. The van der Waals surface area contributed by atoms with E-state index in [4.69, 9.17) is 4.74 Å². The summed E-state index contributed by atoms with van der Waals surface area (Å²) < 4.78 is 5.53. The number of ketones is 1. The standard InChI is InChI=1S/C20H29NO3/c1-5-16-8-10-17(11-9-16)19(22)15(4)24-20(23)18(14(2)3)21-12-6-7-13-21/h8-11,14-15,18H,5-7,12-13H2,1-4H3/t15-,18+/m0/s1. The number of esters is 1. The lowest BCUT2D eigenvalue weighted by Crippen LogP contribution is -2.45. The van der Waals surface area contributed by atoms with Gasteiger partial charge in [-0.05, 0) is 50.8 Å². The van der Waals surface area contributed by atoms with E-state index in [1.165, 1.54) is 5.56 Å². The fourth-order valence-electron chi connectivity index (χ4n) is 3.30. The predicted molar refractivity (Wildman–Crippen MR) is 95.1 cm³/mol. The van der Waals surface area contributed by atoms with Gasteiger partial charge in [0.15, 0.2) is 6.10 Å². The van der Waals surface area contributed by atoms with Gasteiger partial charge < -0.3 is 4.74 Å². The Balaban J connectivity index is 2.01. The number of carbonyl (C=O) groups is 2. The second-order valence-corrected chi connectivity index (χ2v) is 6.93. The van der Waals surface area contributed by atoms with Crippen LogP contribution in [0, 0.1) is 5.92 Å². The monoisotopic (exact) mass is 331 g/mol. The molecule has 4 nitrogen and oxygen atoms in total. The highest BCUT2D eigenvalue weighted by Gasteiger charge is 2.33. The summed E-state index contributed by atoms with van der Waals surface area (Å²) in [5, 5.41) is 0. The number of likely N-dealkylation sites (tertiary alicyclic amines) is 1. The molecule has 1 heterocycles. The van der Waals surface area contributed by atoms with Crippen molar-refractivity contribution < 1.29 is 14.3 Å². The Kier molecular flexibility index (Phi) is 6.55. The first-order chi connectivity index (χ1) is 11.4. The van der Waals surface area contributed by atoms with E-state index in [0.717, 1.165) is 32.4 Å². The van der Waals surface area contributed by atoms with Crippen molar-refractivity contribution in [2.24, 2.45) is 5.92 Å². The molecule has 132 valence electrons. The Bertz CT molecular complexity index is 559. The molecule has 2 atom stereocenters. The first-order valence-electron chi connectivity index (χ1n) is 9.01. The zero-order valence-electron chi connectivity index (χ0n) is 15.2. The number of benzene rings is 1. The summed E-state index contributed by atoms with van der Waals surface area (Å²) in [6.07, 6.45) is 2.42. The van der Waals surface area contributed by atoms with Crippen molar-refractivity contribution in [1.82, 2.24) is 4.90 Å². The van der Waals surface area contributed by atoms with Gasteiger partial charge in [0.1, 0.15) is 6.04 Å². The number of hydrogen-bond acceptors (Lipinski definition) is 4. The maximum Gasteiger partial charge on any atom is 0.324 e. The maximum absolute atomic E-state index is 12.6. The highest BCUT2D eigenvalue weighted by atomic mass is 16.5. The van der Waals surface area contributed by atoms with Crippen molar-refractivity contribution >= 4 is 11.8 Å². The van der Waals surface area contributed by atoms with Crippen LogP contribution in [0.1, 0.15) is 56.5 Å². The molecule has 1 aromatic carbocycles. The minimum absolute atomic E-state index is 0.144. The van der Waals surface area contributed by atoms with Crippen LogP contribution in [0.3, 0.4) is 0 Å². The zero-order chi connectivity index (χ0) is 17.7. The molecule has 0 spiro atoms. The summed E-state index contributed by atoms with van der Waals surface area (Å²) in [7, 11) is 0. The van der Waals surface area contributed by atoms with Gasteiger partial charge in [-0.1, -0.05) is 45.0 Å².